The van der Waals surface area contributed by atoms with Gasteiger partial charge in [0.2, 0.25) is 0 Å². The molecule has 0 unspecified atom stereocenters. The van der Waals surface area contributed by atoms with Gasteiger partial charge in [-0.1, -0.05) is 12.1 Å². The minimum atomic E-state index is -0.466. The SMILES string of the molecule is [CH2]c1ccc(OC(=O)NC)cc1. The number of nitrogens with one attached hydrogen (secondary N) is 1. The number of carbonyl (C=O) groups is 1. The van der Waals surface area contributed by atoms with Crippen LogP contribution in [0.2, 0.25) is 0 Å². The summed E-state index contributed by atoms with van der Waals surface area (Å²) in [6.07, 6.45) is -0.466. The Bertz CT molecular complexity index is 266. The summed E-state index contributed by atoms with van der Waals surface area (Å²) in [4.78, 5) is 10.7. The van der Waals surface area contributed by atoms with Crippen molar-refractivity contribution in [2.24, 2.45) is 0 Å². The van der Waals surface area contributed by atoms with E-state index in [1.807, 2.05) is 0 Å². The molecule has 1 amide bonds. The number of rotatable bonds is 1. The third-order valence-electron chi connectivity index (χ3n) is 1.34. The summed E-state index contributed by atoms with van der Waals surface area (Å²) < 4.78 is 4.84. The molecule has 0 atom stereocenters. The van der Waals surface area contributed by atoms with Crippen LogP contribution in [0.15, 0.2) is 24.3 Å². The predicted molar refractivity (Wildman–Crippen MR) is 46.0 cm³/mol. The molecule has 0 aliphatic heterocycles. The minimum Gasteiger partial charge on any atom is -0.410 e. The highest BCUT2D eigenvalue weighted by molar-refractivity contribution is 5.69. The fourth-order valence-electron chi connectivity index (χ4n) is 0.716. The second-order valence-corrected chi connectivity index (χ2v) is 2.28. The third-order valence-corrected chi connectivity index (χ3v) is 1.34. The Morgan fingerprint density at radius 3 is 2.50 bits per heavy atom. The van der Waals surface area contributed by atoms with Crippen LogP contribution in [0.1, 0.15) is 5.56 Å². The van der Waals surface area contributed by atoms with Gasteiger partial charge in [-0.3, -0.25) is 0 Å². The summed E-state index contributed by atoms with van der Waals surface area (Å²) in [5, 5.41) is 2.35. The van der Waals surface area contributed by atoms with Crippen molar-refractivity contribution in [3.8, 4) is 5.75 Å². The van der Waals surface area contributed by atoms with Gasteiger partial charge in [-0.15, -0.1) is 0 Å². The van der Waals surface area contributed by atoms with Crippen LogP contribution in [0.3, 0.4) is 0 Å². The molecule has 0 bridgehead atoms. The first-order valence-corrected chi connectivity index (χ1v) is 3.54. The molecule has 0 saturated heterocycles. The van der Waals surface area contributed by atoms with E-state index in [1.54, 1.807) is 24.3 Å². The van der Waals surface area contributed by atoms with Gasteiger partial charge in [0.05, 0.1) is 0 Å². The minimum absolute atomic E-state index is 0.466. The third kappa shape index (κ3) is 2.27. The topological polar surface area (TPSA) is 38.3 Å². The van der Waals surface area contributed by atoms with E-state index >= 15 is 0 Å². The maximum Gasteiger partial charge on any atom is 0.412 e. The lowest BCUT2D eigenvalue weighted by Crippen LogP contribution is -2.21. The molecule has 0 fully saturated rings. The van der Waals surface area contributed by atoms with Crippen molar-refractivity contribution in [1.82, 2.24) is 5.32 Å². The Morgan fingerprint density at radius 2 is 2.00 bits per heavy atom. The summed E-state index contributed by atoms with van der Waals surface area (Å²) in [7, 11) is 1.51. The van der Waals surface area contributed by atoms with Crippen molar-refractivity contribution >= 4 is 6.09 Å². The van der Waals surface area contributed by atoms with E-state index in [4.69, 9.17) is 4.74 Å². The fraction of sp³-hybridized carbons (Fsp3) is 0.111. The maximum absolute atomic E-state index is 10.7. The van der Waals surface area contributed by atoms with Crippen LogP contribution in [0.25, 0.3) is 0 Å². The van der Waals surface area contributed by atoms with E-state index in [-0.39, 0.29) is 0 Å². The van der Waals surface area contributed by atoms with Crippen molar-refractivity contribution in [3.63, 3.8) is 0 Å². The largest absolute Gasteiger partial charge is 0.412 e. The van der Waals surface area contributed by atoms with Crippen LogP contribution in [-0.2, 0) is 0 Å². The predicted octanol–water partition coefficient (Wildman–Crippen LogP) is 1.59. The highest BCUT2D eigenvalue weighted by atomic mass is 16.5. The van der Waals surface area contributed by atoms with Gasteiger partial charge < -0.3 is 10.1 Å². The van der Waals surface area contributed by atoms with E-state index in [9.17, 15) is 4.79 Å². The monoisotopic (exact) mass is 164 g/mol. The number of hydrogen-bond acceptors (Lipinski definition) is 2. The molecule has 1 radical (unpaired) electrons. The Kier molecular flexibility index (Phi) is 2.69. The van der Waals surface area contributed by atoms with Crippen LogP contribution in [0, 0.1) is 6.92 Å². The molecular weight excluding hydrogens is 154 g/mol. The number of benzene rings is 1. The molecule has 3 nitrogen and oxygen atoms in total. The van der Waals surface area contributed by atoms with Gasteiger partial charge in [-0.05, 0) is 24.6 Å². The molecule has 0 saturated carbocycles. The molecule has 0 spiro atoms. The summed E-state index contributed by atoms with van der Waals surface area (Å²) in [5.41, 5.74) is 0.888. The molecule has 1 aromatic carbocycles. The highest BCUT2D eigenvalue weighted by Gasteiger charge is 1.98. The van der Waals surface area contributed by atoms with E-state index < -0.39 is 6.09 Å². The zero-order chi connectivity index (χ0) is 8.97. The van der Waals surface area contributed by atoms with Crippen LogP contribution in [0.5, 0.6) is 5.75 Å². The second kappa shape index (κ2) is 3.76. The van der Waals surface area contributed by atoms with Gasteiger partial charge in [-0.25, -0.2) is 4.79 Å². The average Bonchev–Trinajstić information content (AvgIpc) is 2.09. The number of ether oxygens (including phenoxy) is 1. The highest BCUT2D eigenvalue weighted by Crippen LogP contribution is 2.10. The first-order valence-electron chi connectivity index (χ1n) is 3.54. The van der Waals surface area contributed by atoms with Gasteiger partial charge in [0.15, 0.2) is 0 Å². The molecule has 0 aromatic heterocycles. The molecular formula is C9H10NO2. The zero-order valence-electron chi connectivity index (χ0n) is 6.83. The Balaban J connectivity index is 2.64. The van der Waals surface area contributed by atoms with Crippen LogP contribution >= 0.6 is 0 Å². The summed E-state index contributed by atoms with van der Waals surface area (Å²) >= 11 is 0. The Labute approximate surface area is 71.4 Å². The number of carbonyl (C=O) groups excluding carboxylic acids is 1. The summed E-state index contributed by atoms with van der Waals surface area (Å²) in [6.45, 7) is 3.70. The Hall–Kier alpha value is -1.51. The van der Waals surface area contributed by atoms with Gasteiger partial charge in [0.25, 0.3) is 0 Å². The first-order chi connectivity index (χ1) is 5.72. The van der Waals surface area contributed by atoms with E-state index in [2.05, 4.69) is 12.2 Å². The smallest absolute Gasteiger partial charge is 0.410 e. The molecule has 1 rings (SSSR count). The van der Waals surface area contributed by atoms with Crippen LogP contribution in [-0.4, -0.2) is 13.1 Å². The van der Waals surface area contributed by atoms with Gasteiger partial charge in [0, 0.05) is 7.05 Å². The van der Waals surface area contributed by atoms with Gasteiger partial charge in [-0.2, -0.15) is 0 Å². The summed E-state index contributed by atoms with van der Waals surface area (Å²) in [5.74, 6) is 0.516. The van der Waals surface area contributed by atoms with Crippen LogP contribution < -0.4 is 10.1 Å². The lowest BCUT2D eigenvalue weighted by atomic mass is 10.2. The number of amides is 1. The quantitative estimate of drug-likeness (QED) is 0.684. The van der Waals surface area contributed by atoms with E-state index in [1.165, 1.54) is 7.05 Å². The fourth-order valence-corrected chi connectivity index (χ4v) is 0.716. The molecule has 1 N–H and O–H groups in total. The number of hydrogen-bond donors (Lipinski definition) is 1. The molecule has 1 aromatic rings. The van der Waals surface area contributed by atoms with Crippen LogP contribution in [0.4, 0.5) is 4.79 Å². The van der Waals surface area contributed by atoms with E-state index in [0.717, 1.165) is 5.56 Å². The normalized spacial score (nSPS) is 9.17. The second-order valence-electron chi connectivity index (χ2n) is 2.28. The summed E-state index contributed by atoms with van der Waals surface area (Å²) in [6, 6.07) is 6.94. The lowest BCUT2D eigenvalue weighted by molar-refractivity contribution is 0.203. The van der Waals surface area contributed by atoms with Crippen molar-refractivity contribution in [3.05, 3.63) is 36.8 Å². The molecule has 0 heterocycles. The van der Waals surface area contributed by atoms with Crippen molar-refractivity contribution in [2.75, 3.05) is 7.05 Å². The average molecular weight is 164 g/mol. The molecule has 12 heavy (non-hydrogen) atoms. The Morgan fingerprint density at radius 1 is 1.42 bits per heavy atom. The molecule has 3 heteroatoms. The lowest BCUT2D eigenvalue weighted by Gasteiger charge is -2.02. The molecule has 63 valence electrons. The first kappa shape index (κ1) is 8.59. The van der Waals surface area contributed by atoms with Gasteiger partial charge in [0.1, 0.15) is 5.75 Å². The van der Waals surface area contributed by atoms with E-state index in [0.29, 0.717) is 5.75 Å². The van der Waals surface area contributed by atoms with Crippen molar-refractivity contribution in [2.45, 2.75) is 0 Å². The van der Waals surface area contributed by atoms with Gasteiger partial charge >= 0.3 is 6.09 Å². The molecule has 0 aliphatic carbocycles. The molecule has 0 aliphatic rings. The van der Waals surface area contributed by atoms with Crippen molar-refractivity contribution < 1.29 is 9.53 Å². The van der Waals surface area contributed by atoms with Crippen molar-refractivity contribution in [1.29, 1.82) is 0 Å². The maximum atomic E-state index is 10.7. The standard InChI is InChI=1S/C9H10NO2/c1-7-3-5-8(6-4-7)12-9(11)10-2/h3-6H,1H2,2H3,(H,10,11). The zero-order valence-corrected chi connectivity index (χ0v) is 6.83.